The number of hydrogen-bond donors (Lipinski definition) is 2. The third-order valence-corrected chi connectivity index (χ3v) is 7.04. The second-order valence-corrected chi connectivity index (χ2v) is 9.83. The number of benzene rings is 3. The van der Waals surface area contributed by atoms with E-state index in [2.05, 4.69) is 40.7 Å². The molecule has 5 rings (SSSR count). The molecular formula is C29H29N5O2S. The van der Waals surface area contributed by atoms with Crippen LogP contribution >= 0.6 is 11.8 Å². The summed E-state index contributed by atoms with van der Waals surface area (Å²) in [6.07, 6.45) is 0. The number of carbonyl (C=O) groups excluding carboxylic acids is 1. The number of anilines is 3. The predicted molar refractivity (Wildman–Crippen MR) is 150 cm³/mol. The van der Waals surface area contributed by atoms with Crippen LogP contribution in [0.25, 0.3) is 11.4 Å². The Labute approximate surface area is 221 Å². The van der Waals surface area contributed by atoms with Crippen molar-refractivity contribution in [2.45, 2.75) is 23.6 Å². The van der Waals surface area contributed by atoms with Gasteiger partial charge in [0.1, 0.15) is 5.82 Å². The van der Waals surface area contributed by atoms with E-state index in [1.165, 1.54) is 4.90 Å². The molecule has 2 heterocycles. The van der Waals surface area contributed by atoms with Gasteiger partial charge in [-0.2, -0.15) is 0 Å². The Morgan fingerprint density at radius 1 is 0.946 bits per heavy atom. The fourth-order valence-corrected chi connectivity index (χ4v) is 4.90. The van der Waals surface area contributed by atoms with Gasteiger partial charge in [0.2, 0.25) is 0 Å². The van der Waals surface area contributed by atoms with Crippen molar-refractivity contribution in [3.05, 3.63) is 96.7 Å². The Hall–Kier alpha value is -3.88. The van der Waals surface area contributed by atoms with E-state index in [1.54, 1.807) is 11.8 Å². The van der Waals surface area contributed by atoms with Crippen molar-refractivity contribution in [1.82, 2.24) is 9.97 Å². The Morgan fingerprint density at radius 3 is 2.32 bits per heavy atom. The monoisotopic (exact) mass is 511 g/mol. The Morgan fingerprint density at radius 2 is 1.62 bits per heavy atom. The summed E-state index contributed by atoms with van der Waals surface area (Å²) in [5.74, 6) is 2.32. The zero-order chi connectivity index (χ0) is 25.5. The summed E-state index contributed by atoms with van der Waals surface area (Å²) in [6.45, 7) is 4.31. The van der Waals surface area contributed by atoms with Gasteiger partial charge in [-0.15, -0.1) is 11.8 Å². The first kappa shape index (κ1) is 24.8. The van der Waals surface area contributed by atoms with Crippen LogP contribution in [-0.4, -0.2) is 41.8 Å². The smallest absolute Gasteiger partial charge is 0.323 e. The van der Waals surface area contributed by atoms with Crippen molar-refractivity contribution in [1.29, 1.82) is 0 Å². The molecular weight excluding hydrogens is 482 g/mol. The molecule has 3 aromatic carbocycles. The number of ether oxygens (including phenoxy) is 1. The van der Waals surface area contributed by atoms with E-state index in [1.807, 2.05) is 72.8 Å². The highest BCUT2D eigenvalue weighted by Crippen LogP contribution is 2.28. The second kappa shape index (κ2) is 11.9. The first-order valence-electron chi connectivity index (χ1n) is 12.3. The Bertz CT molecular complexity index is 1320. The van der Waals surface area contributed by atoms with Crippen LogP contribution in [-0.2, 0) is 10.5 Å². The van der Waals surface area contributed by atoms with Gasteiger partial charge in [-0.25, -0.2) is 14.8 Å². The molecule has 1 saturated heterocycles. The molecule has 1 aliphatic rings. The summed E-state index contributed by atoms with van der Waals surface area (Å²) in [5.41, 5.74) is 3.29. The maximum Gasteiger partial charge on any atom is 0.323 e. The van der Waals surface area contributed by atoms with Gasteiger partial charge in [0.05, 0.1) is 24.9 Å². The lowest BCUT2D eigenvalue weighted by Crippen LogP contribution is -2.44. The van der Waals surface area contributed by atoms with Crippen LogP contribution in [0.4, 0.5) is 22.0 Å². The van der Waals surface area contributed by atoms with Gasteiger partial charge in [-0.3, -0.25) is 0 Å². The van der Waals surface area contributed by atoms with Crippen LogP contribution < -0.4 is 15.5 Å². The van der Waals surface area contributed by atoms with Crippen LogP contribution in [0.3, 0.4) is 0 Å². The van der Waals surface area contributed by atoms with Crippen molar-refractivity contribution in [3.63, 3.8) is 0 Å². The Kier molecular flexibility index (Phi) is 7.98. The minimum atomic E-state index is -0.293. The van der Waals surface area contributed by atoms with Gasteiger partial charge < -0.3 is 20.3 Å². The molecule has 2 amide bonds. The van der Waals surface area contributed by atoms with Crippen molar-refractivity contribution in [2.75, 3.05) is 35.3 Å². The zero-order valence-electron chi connectivity index (χ0n) is 20.6. The lowest BCUT2D eigenvalue weighted by atomic mass is 10.2. The normalized spacial score (nSPS) is 15.3. The van der Waals surface area contributed by atoms with Crippen LogP contribution in [0.5, 0.6) is 0 Å². The average molecular weight is 512 g/mol. The third-order valence-electron chi connectivity index (χ3n) is 5.99. The van der Waals surface area contributed by atoms with Gasteiger partial charge in [0, 0.05) is 40.2 Å². The summed E-state index contributed by atoms with van der Waals surface area (Å²) in [7, 11) is 0. The summed E-state index contributed by atoms with van der Waals surface area (Å²) >= 11 is 1.76. The topological polar surface area (TPSA) is 79.4 Å². The fourth-order valence-electron chi connectivity index (χ4n) is 4.09. The quantitative estimate of drug-likeness (QED) is 0.283. The first-order valence-corrected chi connectivity index (χ1v) is 13.3. The van der Waals surface area contributed by atoms with E-state index in [9.17, 15) is 4.79 Å². The zero-order valence-corrected chi connectivity index (χ0v) is 21.4. The highest BCUT2D eigenvalue weighted by molar-refractivity contribution is 7.98. The molecule has 1 fully saturated rings. The van der Waals surface area contributed by atoms with Gasteiger partial charge in [-0.1, -0.05) is 36.4 Å². The second-order valence-electron chi connectivity index (χ2n) is 8.78. The molecule has 4 aromatic rings. The highest BCUT2D eigenvalue weighted by atomic mass is 32.2. The number of rotatable bonds is 7. The van der Waals surface area contributed by atoms with E-state index in [-0.39, 0.29) is 12.1 Å². The van der Waals surface area contributed by atoms with Crippen molar-refractivity contribution < 1.29 is 9.53 Å². The fraction of sp³-hybridized carbons (Fsp3) is 0.207. The minimum absolute atomic E-state index is 0.237. The molecule has 1 atom stereocenters. The number of hydrogen-bond acceptors (Lipinski definition) is 6. The van der Waals surface area contributed by atoms with E-state index in [0.717, 1.165) is 35.1 Å². The SMILES string of the molecule is CC1COCCN1c1cc(CSc2ccccc2)nc(-c2ccc(NC(=O)Nc3ccccc3)cc2)n1. The van der Waals surface area contributed by atoms with Crippen molar-refractivity contribution >= 4 is 35.0 Å². The summed E-state index contributed by atoms with van der Waals surface area (Å²) in [4.78, 5) is 25.7. The molecule has 37 heavy (non-hydrogen) atoms. The summed E-state index contributed by atoms with van der Waals surface area (Å²) in [5, 5.41) is 5.70. The highest BCUT2D eigenvalue weighted by Gasteiger charge is 2.22. The number of aromatic nitrogens is 2. The molecule has 2 N–H and O–H groups in total. The number of carbonyl (C=O) groups is 1. The molecule has 7 nitrogen and oxygen atoms in total. The van der Waals surface area contributed by atoms with Crippen LogP contribution in [0, 0.1) is 0 Å². The van der Waals surface area contributed by atoms with Gasteiger partial charge in [0.25, 0.3) is 0 Å². The maximum absolute atomic E-state index is 12.4. The lowest BCUT2D eigenvalue weighted by molar-refractivity contribution is 0.0985. The van der Waals surface area contributed by atoms with E-state index >= 15 is 0 Å². The standard InChI is InChI=1S/C29H29N5O2S/c1-21-19-36-17-16-34(21)27-18-25(20-37-26-10-6-3-7-11-26)30-28(33-27)22-12-14-24(15-13-22)32-29(35)31-23-8-4-2-5-9-23/h2-15,18,21H,16-17,19-20H2,1H3,(H2,31,32,35). The molecule has 188 valence electrons. The van der Waals surface area contributed by atoms with Gasteiger partial charge >= 0.3 is 6.03 Å². The van der Waals surface area contributed by atoms with Crippen LogP contribution in [0.15, 0.2) is 95.9 Å². The number of amides is 2. The molecule has 0 radical (unpaired) electrons. The maximum atomic E-state index is 12.4. The lowest BCUT2D eigenvalue weighted by Gasteiger charge is -2.34. The average Bonchev–Trinajstić information content (AvgIpc) is 2.93. The number of thioether (sulfide) groups is 1. The van der Waals surface area contributed by atoms with Crippen LogP contribution in [0.2, 0.25) is 0 Å². The molecule has 0 bridgehead atoms. The number of urea groups is 1. The predicted octanol–water partition coefficient (Wildman–Crippen LogP) is 6.31. The van der Waals surface area contributed by atoms with Gasteiger partial charge in [0.15, 0.2) is 5.82 Å². The molecule has 0 spiro atoms. The molecule has 1 unspecified atom stereocenters. The van der Waals surface area contributed by atoms with E-state index in [4.69, 9.17) is 14.7 Å². The van der Waals surface area contributed by atoms with Crippen LogP contribution in [0.1, 0.15) is 12.6 Å². The minimum Gasteiger partial charge on any atom is -0.377 e. The number of para-hydroxylation sites is 1. The molecule has 8 heteroatoms. The third kappa shape index (κ3) is 6.67. The largest absolute Gasteiger partial charge is 0.377 e. The number of nitrogens with zero attached hydrogens (tertiary/aromatic N) is 3. The molecule has 0 saturated carbocycles. The van der Waals surface area contributed by atoms with Gasteiger partial charge in [-0.05, 0) is 55.5 Å². The van der Waals surface area contributed by atoms with Crippen molar-refractivity contribution in [3.8, 4) is 11.4 Å². The number of morpholine rings is 1. The van der Waals surface area contributed by atoms with E-state index < -0.39 is 0 Å². The first-order chi connectivity index (χ1) is 18.1. The number of nitrogens with one attached hydrogen (secondary N) is 2. The summed E-state index contributed by atoms with van der Waals surface area (Å²) in [6, 6.07) is 29.3. The summed E-state index contributed by atoms with van der Waals surface area (Å²) < 4.78 is 5.64. The molecule has 0 aliphatic carbocycles. The van der Waals surface area contributed by atoms with Crippen molar-refractivity contribution in [2.24, 2.45) is 0 Å². The molecule has 1 aliphatic heterocycles. The molecule has 1 aromatic heterocycles. The Balaban J connectivity index is 1.35. The van der Waals surface area contributed by atoms with E-state index in [0.29, 0.717) is 24.7 Å².